The number of carboxylic acid groups (broad SMARTS) is 1. The van der Waals surface area contributed by atoms with Gasteiger partial charge in [0, 0.05) is 19.3 Å². The molecule has 0 heterocycles. The molecule has 0 saturated heterocycles. The molecule has 0 bridgehead atoms. The van der Waals surface area contributed by atoms with E-state index in [9.17, 15) is 9.59 Å². The van der Waals surface area contributed by atoms with Crippen LogP contribution in [0.15, 0.2) is 24.3 Å². The second kappa shape index (κ2) is 9.13. The standard InChI is InChI=1S/C16H22O4/c1-20-15-11-8-13(9-12-15)7-10-14(17)5-3-2-4-6-16(18)19/h8-9,11-12H,2-7,10H2,1H3,(H,18,19). The Morgan fingerprint density at radius 1 is 1.00 bits per heavy atom. The highest BCUT2D eigenvalue weighted by Crippen LogP contribution is 2.13. The minimum atomic E-state index is -0.768. The third kappa shape index (κ3) is 6.92. The van der Waals surface area contributed by atoms with Gasteiger partial charge in [0.25, 0.3) is 0 Å². The van der Waals surface area contributed by atoms with E-state index in [2.05, 4.69) is 0 Å². The highest BCUT2D eigenvalue weighted by atomic mass is 16.5. The second-order valence-corrected chi connectivity index (χ2v) is 4.84. The number of unbranched alkanes of at least 4 members (excludes halogenated alkanes) is 2. The van der Waals surface area contributed by atoms with Gasteiger partial charge in [-0.15, -0.1) is 0 Å². The quantitative estimate of drug-likeness (QED) is 0.667. The first kappa shape index (κ1) is 16.2. The van der Waals surface area contributed by atoms with Gasteiger partial charge >= 0.3 is 5.97 Å². The Morgan fingerprint density at radius 2 is 1.65 bits per heavy atom. The van der Waals surface area contributed by atoms with E-state index in [1.807, 2.05) is 24.3 Å². The van der Waals surface area contributed by atoms with Crippen molar-refractivity contribution in [2.24, 2.45) is 0 Å². The van der Waals surface area contributed by atoms with E-state index >= 15 is 0 Å². The van der Waals surface area contributed by atoms with Gasteiger partial charge in [0.1, 0.15) is 11.5 Å². The molecule has 0 amide bonds. The Morgan fingerprint density at radius 3 is 2.25 bits per heavy atom. The van der Waals surface area contributed by atoms with Crippen molar-refractivity contribution in [2.45, 2.75) is 44.9 Å². The van der Waals surface area contributed by atoms with Crippen molar-refractivity contribution in [2.75, 3.05) is 7.11 Å². The molecule has 4 heteroatoms. The van der Waals surface area contributed by atoms with Crippen molar-refractivity contribution >= 4 is 11.8 Å². The van der Waals surface area contributed by atoms with Crippen molar-refractivity contribution in [3.63, 3.8) is 0 Å². The van der Waals surface area contributed by atoms with Crippen molar-refractivity contribution in [3.8, 4) is 5.75 Å². The maximum absolute atomic E-state index is 11.7. The summed E-state index contributed by atoms with van der Waals surface area (Å²) >= 11 is 0. The molecule has 1 rings (SSSR count). The molecule has 0 spiro atoms. The molecule has 1 aromatic rings. The lowest BCUT2D eigenvalue weighted by Gasteiger charge is -2.03. The molecule has 0 aliphatic rings. The number of aliphatic carboxylic acids is 1. The lowest BCUT2D eigenvalue weighted by Crippen LogP contribution is -2.01. The van der Waals surface area contributed by atoms with Crippen LogP contribution in [0.2, 0.25) is 0 Å². The predicted octanol–water partition coefficient (Wildman–Crippen LogP) is 3.23. The van der Waals surface area contributed by atoms with Gasteiger partial charge in [0.05, 0.1) is 7.11 Å². The molecule has 20 heavy (non-hydrogen) atoms. The van der Waals surface area contributed by atoms with Crippen LogP contribution in [0.25, 0.3) is 0 Å². The lowest BCUT2D eigenvalue weighted by molar-refractivity contribution is -0.137. The van der Waals surface area contributed by atoms with E-state index in [1.54, 1.807) is 7.11 Å². The number of hydrogen-bond acceptors (Lipinski definition) is 3. The first-order valence-electron chi connectivity index (χ1n) is 6.98. The number of carboxylic acids is 1. The van der Waals surface area contributed by atoms with Gasteiger partial charge in [0.15, 0.2) is 0 Å². The molecular weight excluding hydrogens is 256 g/mol. The monoisotopic (exact) mass is 278 g/mol. The zero-order chi connectivity index (χ0) is 14.8. The molecule has 0 atom stereocenters. The van der Waals surface area contributed by atoms with Crippen molar-refractivity contribution in [1.29, 1.82) is 0 Å². The molecule has 0 fully saturated rings. The van der Waals surface area contributed by atoms with E-state index in [4.69, 9.17) is 9.84 Å². The molecule has 4 nitrogen and oxygen atoms in total. The fourth-order valence-electron chi connectivity index (χ4n) is 1.98. The normalized spacial score (nSPS) is 10.2. The SMILES string of the molecule is COc1ccc(CCC(=O)CCCCCC(=O)O)cc1. The van der Waals surface area contributed by atoms with Crippen molar-refractivity contribution in [1.82, 2.24) is 0 Å². The molecule has 0 aromatic heterocycles. The zero-order valence-electron chi connectivity index (χ0n) is 11.9. The van der Waals surface area contributed by atoms with E-state index in [-0.39, 0.29) is 12.2 Å². The summed E-state index contributed by atoms with van der Waals surface area (Å²) in [6.45, 7) is 0. The summed E-state index contributed by atoms with van der Waals surface area (Å²) in [5.74, 6) is 0.297. The molecular formula is C16H22O4. The summed E-state index contributed by atoms with van der Waals surface area (Å²) in [5.41, 5.74) is 1.13. The van der Waals surface area contributed by atoms with Gasteiger partial charge in [-0.25, -0.2) is 0 Å². The van der Waals surface area contributed by atoms with E-state index in [0.29, 0.717) is 19.3 Å². The van der Waals surface area contributed by atoms with Crippen LogP contribution in [-0.2, 0) is 16.0 Å². The Kier molecular flexibility index (Phi) is 7.40. The highest BCUT2D eigenvalue weighted by Gasteiger charge is 2.04. The van der Waals surface area contributed by atoms with Gasteiger partial charge in [-0.3, -0.25) is 9.59 Å². The summed E-state index contributed by atoms with van der Waals surface area (Å²) in [7, 11) is 1.63. The van der Waals surface area contributed by atoms with Crippen LogP contribution < -0.4 is 4.74 Å². The van der Waals surface area contributed by atoms with Gasteiger partial charge in [0.2, 0.25) is 0 Å². The van der Waals surface area contributed by atoms with Crippen LogP contribution in [0, 0.1) is 0 Å². The minimum Gasteiger partial charge on any atom is -0.497 e. The maximum atomic E-state index is 11.7. The number of Topliss-reactive ketones (excluding diaryl/α,β-unsaturated/α-hetero) is 1. The average molecular weight is 278 g/mol. The van der Waals surface area contributed by atoms with Crippen LogP contribution >= 0.6 is 0 Å². The lowest BCUT2D eigenvalue weighted by atomic mass is 10.0. The fraction of sp³-hybridized carbons (Fsp3) is 0.500. The number of carbonyl (C=O) groups is 2. The first-order valence-corrected chi connectivity index (χ1v) is 6.98. The summed E-state index contributed by atoms with van der Waals surface area (Å²) in [6.07, 6.45) is 4.29. The molecule has 0 unspecified atom stereocenters. The second-order valence-electron chi connectivity index (χ2n) is 4.84. The van der Waals surface area contributed by atoms with E-state index < -0.39 is 5.97 Å². The summed E-state index contributed by atoms with van der Waals surface area (Å²) in [5, 5.41) is 8.49. The molecule has 110 valence electrons. The summed E-state index contributed by atoms with van der Waals surface area (Å²) in [4.78, 5) is 22.0. The molecule has 0 aliphatic heterocycles. The number of carbonyl (C=O) groups excluding carboxylic acids is 1. The predicted molar refractivity (Wildman–Crippen MR) is 77.0 cm³/mol. The number of aryl methyl sites for hydroxylation is 1. The number of ether oxygens (including phenoxy) is 1. The van der Waals surface area contributed by atoms with Crippen LogP contribution in [-0.4, -0.2) is 24.0 Å². The van der Waals surface area contributed by atoms with Crippen LogP contribution in [0.5, 0.6) is 5.75 Å². The number of rotatable bonds is 10. The molecule has 0 saturated carbocycles. The van der Waals surface area contributed by atoms with Gasteiger partial charge < -0.3 is 9.84 Å². The Hall–Kier alpha value is -1.84. The number of benzene rings is 1. The van der Waals surface area contributed by atoms with E-state index in [1.165, 1.54) is 0 Å². The molecule has 1 N–H and O–H groups in total. The van der Waals surface area contributed by atoms with Crippen LogP contribution in [0.1, 0.15) is 44.1 Å². The molecule has 1 aromatic carbocycles. The fourth-order valence-corrected chi connectivity index (χ4v) is 1.98. The number of methoxy groups -OCH3 is 1. The molecule has 0 aliphatic carbocycles. The van der Waals surface area contributed by atoms with Gasteiger partial charge in [-0.1, -0.05) is 18.6 Å². The van der Waals surface area contributed by atoms with E-state index in [0.717, 1.165) is 30.6 Å². The third-order valence-corrected chi connectivity index (χ3v) is 3.20. The van der Waals surface area contributed by atoms with Crippen LogP contribution in [0.3, 0.4) is 0 Å². The van der Waals surface area contributed by atoms with Gasteiger partial charge in [-0.2, -0.15) is 0 Å². The highest BCUT2D eigenvalue weighted by molar-refractivity contribution is 5.78. The van der Waals surface area contributed by atoms with Crippen LogP contribution in [0.4, 0.5) is 0 Å². The smallest absolute Gasteiger partial charge is 0.303 e. The maximum Gasteiger partial charge on any atom is 0.303 e. The van der Waals surface area contributed by atoms with Crippen molar-refractivity contribution in [3.05, 3.63) is 29.8 Å². The zero-order valence-corrected chi connectivity index (χ0v) is 11.9. The first-order chi connectivity index (χ1) is 9.61. The Balaban J connectivity index is 2.14. The summed E-state index contributed by atoms with van der Waals surface area (Å²) < 4.78 is 5.08. The Labute approximate surface area is 119 Å². The largest absolute Gasteiger partial charge is 0.497 e. The van der Waals surface area contributed by atoms with Crippen molar-refractivity contribution < 1.29 is 19.4 Å². The third-order valence-electron chi connectivity index (χ3n) is 3.20. The van der Waals surface area contributed by atoms with Gasteiger partial charge in [-0.05, 0) is 37.0 Å². The summed E-state index contributed by atoms with van der Waals surface area (Å²) in [6, 6.07) is 7.73. The Bertz CT molecular complexity index is 423. The minimum absolute atomic E-state index is 0.194. The topological polar surface area (TPSA) is 63.6 Å². The number of hydrogen-bond donors (Lipinski definition) is 1. The average Bonchev–Trinajstić information content (AvgIpc) is 2.45. The number of ketones is 1. The molecule has 0 radical (unpaired) electrons.